The number of carbonyl (C=O) groups excluding carboxylic acids is 1. The molecular weight excluding hydrogens is 519 g/mol. The fourth-order valence-electron chi connectivity index (χ4n) is 4.23. The molecule has 1 aromatic carbocycles. The molecule has 180 valence electrons. The van der Waals surface area contributed by atoms with Gasteiger partial charge in [0, 0.05) is 57.9 Å². The van der Waals surface area contributed by atoms with E-state index in [9.17, 15) is 4.79 Å². The summed E-state index contributed by atoms with van der Waals surface area (Å²) in [5, 5.41) is 9.86. The van der Waals surface area contributed by atoms with Crippen molar-refractivity contribution in [3.8, 4) is 0 Å². The van der Waals surface area contributed by atoms with Crippen LogP contribution in [0.1, 0.15) is 31.7 Å². The number of hydrogen-bond donors (Lipinski definition) is 3. The largest absolute Gasteiger partial charge is 0.379 e. The molecule has 0 saturated carbocycles. The normalized spacial score (nSPS) is 19.9. The summed E-state index contributed by atoms with van der Waals surface area (Å²) < 4.78 is 5.35. The van der Waals surface area contributed by atoms with E-state index in [1.807, 2.05) is 18.2 Å². The second-order valence-electron chi connectivity index (χ2n) is 8.18. The monoisotopic (exact) mass is 558 g/mol. The van der Waals surface area contributed by atoms with Gasteiger partial charge in [-0.25, -0.2) is 0 Å². The molecule has 1 unspecified atom stereocenters. The molecule has 2 fully saturated rings. The van der Waals surface area contributed by atoms with Crippen LogP contribution in [0.3, 0.4) is 0 Å². The van der Waals surface area contributed by atoms with Gasteiger partial charge in [0.2, 0.25) is 5.91 Å². The molecule has 2 heterocycles. The fourth-order valence-corrected chi connectivity index (χ4v) is 4.23. The summed E-state index contributed by atoms with van der Waals surface area (Å²) in [5.74, 6) is 0.856. The number of guanidine groups is 1. The van der Waals surface area contributed by atoms with Crippen LogP contribution in [0.15, 0.2) is 29.3 Å². The van der Waals surface area contributed by atoms with E-state index >= 15 is 0 Å². The first-order valence-electron chi connectivity index (χ1n) is 11.6. The van der Waals surface area contributed by atoms with Crippen molar-refractivity contribution in [2.45, 2.75) is 38.8 Å². The van der Waals surface area contributed by atoms with Crippen molar-refractivity contribution in [3.05, 3.63) is 29.8 Å². The lowest BCUT2D eigenvalue weighted by atomic mass is 10.2. The second kappa shape index (κ2) is 14.7. The Balaban J connectivity index is 0.00000363. The van der Waals surface area contributed by atoms with Gasteiger partial charge in [0.05, 0.1) is 13.2 Å². The van der Waals surface area contributed by atoms with Crippen LogP contribution in [0.25, 0.3) is 0 Å². The van der Waals surface area contributed by atoms with Gasteiger partial charge in [-0.05, 0) is 43.6 Å². The third-order valence-corrected chi connectivity index (χ3v) is 6.06. The maximum absolute atomic E-state index is 12.3. The van der Waals surface area contributed by atoms with Crippen molar-refractivity contribution >= 4 is 41.5 Å². The van der Waals surface area contributed by atoms with Crippen molar-refractivity contribution in [2.75, 3.05) is 64.8 Å². The SMILES string of the molecule is CCN1CCCC1CNC(=NC)NCc1cccc(NC(=O)CCN2CCOCC2)c1.I. The molecule has 0 radical (unpaired) electrons. The van der Waals surface area contributed by atoms with E-state index in [1.54, 1.807) is 7.05 Å². The Labute approximate surface area is 209 Å². The maximum Gasteiger partial charge on any atom is 0.225 e. The molecule has 0 aromatic heterocycles. The van der Waals surface area contributed by atoms with Crippen LogP contribution >= 0.6 is 24.0 Å². The lowest BCUT2D eigenvalue weighted by molar-refractivity contribution is -0.116. The highest BCUT2D eigenvalue weighted by atomic mass is 127. The van der Waals surface area contributed by atoms with Crippen LogP contribution < -0.4 is 16.0 Å². The van der Waals surface area contributed by atoms with Gasteiger partial charge in [0.15, 0.2) is 5.96 Å². The molecule has 1 atom stereocenters. The molecule has 9 heteroatoms. The second-order valence-corrected chi connectivity index (χ2v) is 8.18. The lowest BCUT2D eigenvalue weighted by Crippen LogP contribution is -2.44. The summed E-state index contributed by atoms with van der Waals surface area (Å²) in [6.45, 7) is 10.2. The fraction of sp³-hybridized carbons (Fsp3) is 0.652. The number of hydrogen-bond acceptors (Lipinski definition) is 5. The van der Waals surface area contributed by atoms with Gasteiger partial charge in [-0.1, -0.05) is 19.1 Å². The molecule has 2 aliphatic heterocycles. The summed E-state index contributed by atoms with van der Waals surface area (Å²) in [7, 11) is 1.80. The van der Waals surface area contributed by atoms with Crippen LogP contribution in [0.5, 0.6) is 0 Å². The minimum atomic E-state index is 0. The zero-order valence-electron chi connectivity index (χ0n) is 19.4. The van der Waals surface area contributed by atoms with E-state index in [0.29, 0.717) is 19.0 Å². The standard InChI is InChI=1S/C23H38N6O2.HI/c1-3-29-10-5-8-21(29)18-26-23(24-2)25-17-19-6-4-7-20(16-19)27-22(30)9-11-28-12-14-31-15-13-28;/h4,6-7,16,21H,3,5,8-15,17-18H2,1-2H3,(H,27,30)(H2,24,25,26);1H. The smallest absolute Gasteiger partial charge is 0.225 e. The van der Waals surface area contributed by atoms with E-state index in [1.165, 1.54) is 19.4 Å². The number of likely N-dealkylation sites (N-methyl/N-ethyl adjacent to an activating group) is 1. The number of benzene rings is 1. The number of rotatable bonds is 9. The van der Waals surface area contributed by atoms with Crippen molar-refractivity contribution in [1.82, 2.24) is 20.4 Å². The Morgan fingerprint density at radius 2 is 2.03 bits per heavy atom. The quantitative estimate of drug-likeness (QED) is 0.245. The van der Waals surface area contributed by atoms with E-state index < -0.39 is 0 Å². The molecule has 2 saturated heterocycles. The molecule has 3 N–H and O–H groups in total. The van der Waals surface area contributed by atoms with Crippen molar-refractivity contribution in [2.24, 2.45) is 4.99 Å². The Bertz CT molecular complexity index is 726. The number of ether oxygens (including phenoxy) is 1. The molecule has 0 aliphatic carbocycles. The minimum Gasteiger partial charge on any atom is -0.379 e. The van der Waals surface area contributed by atoms with Crippen LogP contribution in [0, 0.1) is 0 Å². The molecule has 0 bridgehead atoms. The van der Waals surface area contributed by atoms with Crippen LogP contribution in [0.2, 0.25) is 0 Å². The topological polar surface area (TPSA) is 81.2 Å². The zero-order chi connectivity index (χ0) is 21.9. The molecule has 8 nitrogen and oxygen atoms in total. The highest BCUT2D eigenvalue weighted by molar-refractivity contribution is 14.0. The van der Waals surface area contributed by atoms with Gasteiger partial charge in [-0.3, -0.25) is 19.6 Å². The highest BCUT2D eigenvalue weighted by Gasteiger charge is 2.22. The molecule has 32 heavy (non-hydrogen) atoms. The third-order valence-electron chi connectivity index (χ3n) is 6.06. The first-order chi connectivity index (χ1) is 15.2. The average molecular weight is 559 g/mol. The summed E-state index contributed by atoms with van der Waals surface area (Å²) in [5.41, 5.74) is 1.93. The first-order valence-corrected chi connectivity index (χ1v) is 11.6. The Hall–Kier alpha value is -1.43. The number of likely N-dealkylation sites (tertiary alicyclic amines) is 1. The Morgan fingerprint density at radius 1 is 1.22 bits per heavy atom. The zero-order valence-corrected chi connectivity index (χ0v) is 21.8. The number of anilines is 1. The van der Waals surface area contributed by atoms with Gasteiger partial charge >= 0.3 is 0 Å². The molecule has 1 aromatic rings. The average Bonchev–Trinajstić information content (AvgIpc) is 3.26. The minimum absolute atomic E-state index is 0. The number of nitrogens with one attached hydrogen (secondary N) is 3. The maximum atomic E-state index is 12.3. The van der Waals surface area contributed by atoms with Gasteiger partial charge in [0.1, 0.15) is 0 Å². The Kier molecular flexibility index (Phi) is 12.3. The molecule has 1 amide bonds. The number of morpholine rings is 1. The molecule has 3 rings (SSSR count). The van der Waals surface area contributed by atoms with Crippen molar-refractivity contribution in [3.63, 3.8) is 0 Å². The number of amides is 1. The summed E-state index contributed by atoms with van der Waals surface area (Å²) in [4.78, 5) is 21.5. The van der Waals surface area contributed by atoms with Gasteiger partial charge in [-0.2, -0.15) is 0 Å². The first kappa shape index (κ1) is 26.8. The molecule has 0 spiro atoms. The summed E-state index contributed by atoms with van der Waals surface area (Å²) in [6, 6.07) is 8.56. The predicted molar refractivity (Wildman–Crippen MR) is 141 cm³/mol. The Morgan fingerprint density at radius 3 is 2.78 bits per heavy atom. The predicted octanol–water partition coefficient (Wildman–Crippen LogP) is 2.11. The van der Waals surface area contributed by atoms with E-state index in [0.717, 1.165) is 63.1 Å². The van der Waals surface area contributed by atoms with E-state index in [2.05, 4.69) is 43.7 Å². The van der Waals surface area contributed by atoms with Crippen molar-refractivity contribution in [1.29, 1.82) is 0 Å². The van der Waals surface area contributed by atoms with Gasteiger partial charge < -0.3 is 20.7 Å². The molecular formula is C23H39IN6O2. The third kappa shape index (κ3) is 8.84. The number of halogens is 1. The number of aliphatic imine (C=N–C) groups is 1. The highest BCUT2D eigenvalue weighted by Crippen LogP contribution is 2.15. The van der Waals surface area contributed by atoms with Gasteiger partial charge in [0.25, 0.3) is 0 Å². The van der Waals surface area contributed by atoms with Crippen LogP contribution in [-0.4, -0.2) is 87.2 Å². The van der Waals surface area contributed by atoms with Crippen LogP contribution in [-0.2, 0) is 16.1 Å². The summed E-state index contributed by atoms with van der Waals surface area (Å²) >= 11 is 0. The number of carbonyl (C=O) groups is 1. The number of nitrogens with zero attached hydrogens (tertiary/aromatic N) is 3. The van der Waals surface area contributed by atoms with E-state index in [-0.39, 0.29) is 29.9 Å². The summed E-state index contributed by atoms with van der Waals surface area (Å²) in [6.07, 6.45) is 3.01. The van der Waals surface area contributed by atoms with Gasteiger partial charge in [-0.15, -0.1) is 24.0 Å². The van der Waals surface area contributed by atoms with Crippen molar-refractivity contribution < 1.29 is 9.53 Å². The lowest BCUT2D eigenvalue weighted by Gasteiger charge is -2.26. The molecule has 2 aliphatic rings. The van der Waals surface area contributed by atoms with E-state index in [4.69, 9.17) is 4.74 Å². The van der Waals surface area contributed by atoms with Crippen LogP contribution in [0.4, 0.5) is 5.69 Å².